The highest BCUT2D eigenvalue weighted by molar-refractivity contribution is 5.82. The topological polar surface area (TPSA) is 40.5 Å². The number of piperidine rings is 1. The molecular weight excluding hydrogens is 250 g/mol. The van der Waals surface area contributed by atoms with Crippen LogP contribution in [0.2, 0.25) is 0 Å². The second-order valence-electron chi connectivity index (χ2n) is 5.41. The first-order valence-corrected chi connectivity index (χ1v) is 7.22. The van der Waals surface area contributed by atoms with Crippen LogP contribution in [0.4, 0.5) is 0 Å². The van der Waals surface area contributed by atoms with Crippen LogP contribution in [-0.4, -0.2) is 29.1 Å². The van der Waals surface area contributed by atoms with Crippen molar-refractivity contribution in [3.8, 4) is 11.1 Å². The Hall–Kier alpha value is -1.87. The summed E-state index contributed by atoms with van der Waals surface area (Å²) in [7, 11) is 0. The second-order valence-corrected chi connectivity index (χ2v) is 5.41. The molecule has 3 rings (SSSR count). The molecule has 0 saturated carbocycles. The molecule has 1 aliphatic heterocycles. The first-order valence-electron chi connectivity index (χ1n) is 7.22. The Bertz CT molecular complexity index is 575. The molecule has 1 fully saturated rings. The van der Waals surface area contributed by atoms with Crippen molar-refractivity contribution in [3.63, 3.8) is 0 Å². The monoisotopic (exact) mass is 269 g/mol. The average molecular weight is 269 g/mol. The SMILES string of the molecule is O=C(O)C(c1ccc2cccccc1-2)N1CCCCC1. The molecule has 2 aliphatic carbocycles. The minimum absolute atomic E-state index is 0.518. The van der Waals surface area contributed by atoms with Gasteiger partial charge in [-0.15, -0.1) is 0 Å². The van der Waals surface area contributed by atoms with E-state index in [0.717, 1.165) is 42.6 Å². The maximum atomic E-state index is 11.8. The van der Waals surface area contributed by atoms with Crippen LogP contribution in [-0.2, 0) is 4.79 Å². The number of carbonyl (C=O) groups is 1. The van der Waals surface area contributed by atoms with Crippen molar-refractivity contribution in [1.29, 1.82) is 0 Å². The Morgan fingerprint density at radius 1 is 1.00 bits per heavy atom. The summed E-state index contributed by atoms with van der Waals surface area (Å²) in [6.45, 7) is 1.76. The van der Waals surface area contributed by atoms with Crippen LogP contribution >= 0.6 is 0 Å². The number of fused-ring (bicyclic) bond motifs is 1. The number of rotatable bonds is 3. The van der Waals surface area contributed by atoms with Crippen molar-refractivity contribution in [1.82, 2.24) is 4.90 Å². The van der Waals surface area contributed by atoms with E-state index in [-0.39, 0.29) is 0 Å². The largest absolute Gasteiger partial charge is 0.480 e. The highest BCUT2D eigenvalue weighted by atomic mass is 16.4. The van der Waals surface area contributed by atoms with Gasteiger partial charge in [0.1, 0.15) is 6.04 Å². The average Bonchev–Trinajstić information content (AvgIpc) is 2.70. The Balaban J connectivity index is 2.00. The Morgan fingerprint density at radius 3 is 2.50 bits per heavy atom. The summed E-state index contributed by atoms with van der Waals surface area (Å²) in [5.74, 6) is -0.745. The van der Waals surface area contributed by atoms with Crippen LogP contribution in [0.3, 0.4) is 0 Å². The number of hydrogen-bond acceptors (Lipinski definition) is 2. The zero-order chi connectivity index (χ0) is 13.9. The standard InChI is InChI=1S/C17H19NO2/c19-17(20)16(18-11-5-2-6-12-18)15-10-9-13-7-3-1-4-8-14(13)15/h1,3-4,7-10,16H,2,5-6,11-12H2,(H,19,20). The molecule has 0 amide bonds. The third kappa shape index (κ3) is 2.41. The van der Waals surface area contributed by atoms with Crippen LogP contribution in [0.5, 0.6) is 0 Å². The van der Waals surface area contributed by atoms with Crippen molar-refractivity contribution >= 4 is 5.97 Å². The summed E-state index contributed by atoms with van der Waals surface area (Å²) >= 11 is 0. The van der Waals surface area contributed by atoms with E-state index < -0.39 is 12.0 Å². The van der Waals surface area contributed by atoms with Crippen LogP contribution < -0.4 is 0 Å². The van der Waals surface area contributed by atoms with Gasteiger partial charge in [0.25, 0.3) is 0 Å². The van der Waals surface area contributed by atoms with Crippen LogP contribution in [0, 0.1) is 0 Å². The molecule has 1 N–H and O–H groups in total. The molecule has 104 valence electrons. The molecule has 0 spiro atoms. The lowest BCUT2D eigenvalue weighted by Crippen LogP contribution is -2.37. The lowest BCUT2D eigenvalue weighted by molar-refractivity contribution is -0.144. The highest BCUT2D eigenvalue weighted by Crippen LogP contribution is 2.35. The summed E-state index contributed by atoms with van der Waals surface area (Å²) in [5.41, 5.74) is 3.08. The minimum Gasteiger partial charge on any atom is -0.480 e. The van der Waals surface area contributed by atoms with Gasteiger partial charge in [-0.2, -0.15) is 0 Å². The summed E-state index contributed by atoms with van der Waals surface area (Å²) in [6.07, 6.45) is 3.39. The third-order valence-electron chi connectivity index (χ3n) is 4.11. The van der Waals surface area contributed by atoms with Gasteiger partial charge in [0.05, 0.1) is 0 Å². The molecule has 0 aromatic carbocycles. The molecule has 3 heteroatoms. The van der Waals surface area contributed by atoms with Crippen molar-refractivity contribution in [2.24, 2.45) is 0 Å². The molecular formula is C17H19NO2. The molecule has 20 heavy (non-hydrogen) atoms. The molecule has 1 heterocycles. The van der Waals surface area contributed by atoms with Gasteiger partial charge >= 0.3 is 5.97 Å². The van der Waals surface area contributed by atoms with E-state index >= 15 is 0 Å². The van der Waals surface area contributed by atoms with Gasteiger partial charge in [0.2, 0.25) is 0 Å². The number of nitrogens with zero attached hydrogens (tertiary/aromatic N) is 1. The Morgan fingerprint density at radius 2 is 1.75 bits per heavy atom. The number of aliphatic carboxylic acids is 1. The van der Waals surface area contributed by atoms with Gasteiger partial charge in [-0.1, -0.05) is 48.9 Å². The third-order valence-corrected chi connectivity index (χ3v) is 4.11. The van der Waals surface area contributed by atoms with Crippen LogP contribution in [0.1, 0.15) is 30.9 Å². The predicted molar refractivity (Wildman–Crippen MR) is 78.9 cm³/mol. The fraction of sp³-hybridized carbons (Fsp3) is 0.353. The molecule has 1 unspecified atom stereocenters. The van der Waals surface area contributed by atoms with Gasteiger partial charge in [-0.3, -0.25) is 9.69 Å². The van der Waals surface area contributed by atoms with Crippen molar-refractivity contribution in [2.45, 2.75) is 25.3 Å². The summed E-state index contributed by atoms with van der Waals surface area (Å²) < 4.78 is 0. The predicted octanol–water partition coefficient (Wildman–Crippen LogP) is 3.40. The van der Waals surface area contributed by atoms with E-state index in [1.807, 2.05) is 42.5 Å². The number of hydrogen-bond donors (Lipinski definition) is 1. The lowest BCUT2D eigenvalue weighted by atomic mass is 9.99. The maximum absolute atomic E-state index is 11.8. The van der Waals surface area contributed by atoms with E-state index in [0.29, 0.717) is 0 Å². The van der Waals surface area contributed by atoms with Crippen molar-refractivity contribution < 1.29 is 9.90 Å². The number of likely N-dealkylation sites (tertiary alicyclic amines) is 1. The van der Waals surface area contributed by atoms with Crippen LogP contribution in [0.25, 0.3) is 11.1 Å². The van der Waals surface area contributed by atoms with Gasteiger partial charge in [0.15, 0.2) is 0 Å². The Kier molecular flexibility index (Phi) is 3.70. The zero-order valence-electron chi connectivity index (χ0n) is 11.5. The first kappa shape index (κ1) is 13.1. The first-order chi connectivity index (χ1) is 9.77. The van der Waals surface area contributed by atoms with Gasteiger partial charge in [0, 0.05) is 0 Å². The summed E-state index contributed by atoms with van der Waals surface area (Å²) in [4.78, 5) is 13.9. The molecule has 0 aromatic rings. The van der Waals surface area contributed by atoms with E-state index in [1.165, 1.54) is 6.42 Å². The summed E-state index contributed by atoms with van der Waals surface area (Å²) in [5, 5.41) is 9.68. The lowest BCUT2D eigenvalue weighted by Gasteiger charge is -2.32. The van der Waals surface area contributed by atoms with E-state index in [4.69, 9.17) is 0 Å². The van der Waals surface area contributed by atoms with Crippen molar-refractivity contribution in [3.05, 3.63) is 48.0 Å². The number of carboxylic acids is 1. The van der Waals surface area contributed by atoms with Crippen molar-refractivity contribution in [2.75, 3.05) is 13.1 Å². The molecule has 1 atom stereocenters. The molecule has 3 aliphatic rings. The minimum atomic E-state index is -0.745. The highest BCUT2D eigenvalue weighted by Gasteiger charge is 2.31. The zero-order valence-corrected chi connectivity index (χ0v) is 11.5. The normalized spacial score (nSPS) is 18.0. The van der Waals surface area contributed by atoms with Gasteiger partial charge in [-0.05, 0) is 42.6 Å². The quantitative estimate of drug-likeness (QED) is 0.928. The summed E-state index contributed by atoms with van der Waals surface area (Å²) in [6, 6.07) is 13.5. The molecule has 0 aromatic heterocycles. The molecule has 3 nitrogen and oxygen atoms in total. The molecule has 0 bridgehead atoms. The second kappa shape index (κ2) is 5.63. The van der Waals surface area contributed by atoms with Gasteiger partial charge in [-0.25, -0.2) is 0 Å². The fourth-order valence-corrected chi connectivity index (χ4v) is 3.14. The van der Waals surface area contributed by atoms with E-state index in [1.54, 1.807) is 0 Å². The molecule has 0 radical (unpaired) electrons. The van der Waals surface area contributed by atoms with Crippen LogP contribution in [0.15, 0.2) is 42.5 Å². The smallest absolute Gasteiger partial charge is 0.325 e. The fourth-order valence-electron chi connectivity index (χ4n) is 3.14. The Labute approximate surface area is 119 Å². The maximum Gasteiger partial charge on any atom is 0.325 e. The van der Waals surface area contributed by atoms with Gasteiger partial charge < -0.3 is 5.11 Å². The van der Waals surface area contributed by atoms with E-state index in [9.17, 15) is 9.90 Å². The number of carboxylic acid groups (broad SMARTS) is 1. The van der Waals surface area contributed by atoms with E-state index in [2.05, 4.69) is 4.90 Å². The molecule has 1 saturated heterocycles.